The summed E-state index contributed by atoms with van der Waals surface area (Å²) in [6, 6.07) is 13.0. The molecule has 0 saturated carbocycles. The number of benzene rings is 6. The van der Waals surface area contributed by atoms with E-state index in [-0.39, 0.29) is 180 Å². The maximum absolute atomic E-state index is 14.2. The van der Waals surface area contributed by atoms with Gasteiger partial charge in [0.05, 0.1) is 37.7 Å². The van der Waals surface area contributed by atoms with Crippen molar-refractivity contribution in [3.05, 3.63) is 95.0 Å². The third-order valence-electron chi connectivity index (χ3n) is 8.73. The molecule has 0 aliphatic rings. The second-order valence-electron chi connectivity index (χ2n) is 12.9. The number of carbonyl (C=O) groups is 1. The van der Waals surface area contributed by atoms with Crippen molar-refractivity contribution in [3.8, 4) is 11.5 Å². The minimum atomic E-state index is -5.43. The molecule has 0 saturated heterocycles. The first-order chi connectivity index (χ1) is 28.8. The SMILES string of the molecule is CCOc1cc(N=Nc2c(C)cc(S(=O)(=O)[O-])cc2Cl)c2cc(S(=O)(=O)[O-])ccc2c1N=Nc1c(S(=O)(=O)O)cc2cc(S(=O)(=O)[O-])cc(NC(=O)c3ccc(N)cc3)c2c1[O-].[Na+].[Na+].[Na+].[Na+]. The number of fused-ring (bicyclic) bond motifs is 2. The Balaban J connectivity index is 0.00000374. The number of azo groups is 2. The molecule has 1 amide bonds. The molecule has 0 fully saturated rings. The first-order valence-electron chi connectivity index (χ1n) is 17.0. The van der Waals surface area contributed by atoms with Crippen LogP contribution in [0.15, 0.2) is 119 Å². The molecule has 6 aromatic rings. The zero-order chi connectivity index (χ0) is 45.7. The molecule has 6 aromatic carbocycles. The maximum Gasteiger partial charge on any atom is 1.00 e. The van der Waals surface area contributed by atoms with Crippen LogP contribution in [0.3, 0.4) is 0 Å². The van der Waals surface area contributed by atoms with Crippen molar-refractivity contribution in [3.63, 3.8) is 0 Å². The molecular formula is C36H25ClN6Na4O15S4. The number of nitrogen functional groups attached to an aromatic ring is 1. The number of nitrogens with one attached hydrogen (secondary N) is 1. The van der Waals surface area contributed by atoms with Crippen LogP contribution in [0.25, 0.3) is 21.5 Å². The molecule has 324 valence electrons. The van der Waals surface area contributed by atoms with E-state index in [2.05, 4.69) is 25.8 Å². The molecule has 0 radical (unpaired) electrons. The molecule has 0 spiro atoms. The van der Waals surface area contributed by atoms with E-state index >= 15 is 0 Å². The number of hydrogen-bond acceptors (Lipinski definition) is 19. The van der Waals surface area contributed by atoms with Gasteiger partial charge in [0.2, 0.25) is 0 Å². The van der Waals surface area contributed by atoms with Crippen molar-refractivity contribution in [2.45, 2.75) is 33.4 Å². The fraction of sp³-hybridized carbons (Fsp3) is 0.0833. The van der Waals surface area contributed by atoms with Crippen LogP contribution in [0.5, 0.6) is 11.5 Å². The van der Waals surface area contributed by atoms with E-state index in [0.29, 0.717) is 18.2 Å². The van der Waals surface area contributed by atoms with Gasteiger partial charge in [-0.3, -0.25) is 9.35 Å². The van der Waals surface area contributed by atoms with E-state index < -0.39 is 93.9 Å². The number of hydrogen-bond donors (Lipinski definition) is 3. The van der Waals surface area contributed by atoms with Gasteiger partial charge in [-0.1, -0.05) is 23.4 Å². The largest absolute Gasteiger partial charge is 1.00 e. The van der Waals surface area contributed by atoms with Gasteiger partial charge in [-0.2, -0.15) is 8.42 Å². The Kier molecular flexibility index (Phi) is 21.1. The van der Waals surface area contributed by atoms with Crippen molar-refractivity contribution >= 4 is 114 Å². The zero-order valence-electron chi connectivity index (χ0n) is 35.3. The third-order valence-corrected chi connectivity index (χ3v) is 12.3. The Labute approximate surface area is 470 Å². The number of ether oxygens (including phenoxy) is 1. The zero-order valence-corrected chi connectivity index (χ0v) is 47.3. The second kappa shape index (κ2) is 23.2. The summed E-state index contributed by atoms with van der Waals surface area (Å²) in [7, 11) is -20.8. The number of nitrogens with two attached hydrogens (primary N) is 1. The van der Waals surface area contributed by atoms with Gasteiger partial charge in [0.1, 0.15) is 52.4 Å². The number of halogens is 1. The molecule has 21 nitrogen and oxygen atoms in total. The van der Waals surface area contributed by atoms with Crippen molar-refractivity contribution in [2.75, 3.05) is 17.7 Å². The van der Waals surface area contributed by atoms with Crippen LogP contribution in [0, 0.1) is 6.92 Å². The first kappa shape index (κ1) is 60.0. The molecule has 6 rings (SSSR count). The Morgan fingerprint density at radius 1 is 0.712 bits per heavy atom. The number of amides is 1. The Morgan fingerprint density at radius 2 is 1.27 bits per heavy atom. The molecule has 0 bridgehead atoms. The summed E-state index contributed by atoms with van der Waals surface area (Å²) >= 11 is 6.22. The van der Waals surface area contributed by atoms with Gasteiger partial charge < -0.3 is 34.6 Å². The van der Waals surface area contributed by atoms with Crippen molar-refractivity contribution in [1.82, 2.24) is 0 Å². The summed E-state index contributed by atoms with van der Waals surface area (Å²) in [4.78, 5) is 9.56. The van der Waals surface area contributed by atoms with Crippen molar-refractivity contribution in [1.29, 1.82) is 0 Å². The van der Waals surface area contributed by atoms with E-state index in [1.54, 1.807) is 0 Å². The average Bonchev–Trinajstić information content (AvgIpc) is 3.16. The molecule has 0 aliphatic carbocycles. The van der Waals surface area contributed by atoms with Crippen LogP contribution in [0.1, 0.15) is 22.8 Å². The summed E-state index contributed by atoms with van der Waals surface area (Å²) in [5, 5.41) is 30.9. The fourth-order valence-corrected chi connectivity index (χ4v) is 8.58. The first-order valence-corrected chi connectivity index (χ1v) is 23.0. The predicted octanol–water partition coefficient (Wildman–Crippen LogP) is -5.93. The van der Waals surface area contributed by atoms with Gasteiger partial charge in [-0.05, 0) is 96.9 Å². The van der Waals surface area contributed by atoms with Crippen LogP contribution in [-0.2, 0) is 40.5 Å². The number of nitrogens with zero attached hydrogens (tertiary/aromatic N) is 4. The quantitative estimate of drug-likeness (QED) is 0.0445. The van der Waals surface area contributed by atoms with Gasteiger partial charge in [-0.15, -0.1) is 20.5 Å². The minimum Gasteiger partial charge on any atom is -0.870 e. The summed E-state index contributed by atoms with van der Waals surface area (Å²) in [5.74, 6) is -2.52. The minimum absolute atomic E-state index is 0. The van der Waals surface area contributed by atoms with Gasteiger partial charge >= 0.3 is 118 Å². The molecule has 4 N–H and O–H groups in total. The number of rotatable bonds is 12. The van der Waals surface area contributed by atoms with Crippen LogP contribution < -0.4 is 139 Å². The van der Waals surface area contributed by atoms with Gasteiger partial charge in [0, 0.05) is 33.8 Å². The normalized spacial score (nSPS) is 12.0. The van der Waals surface area contributed by atoms with Crippen molar-refractivity contribution in [2.24, 2.45) is 20.5 Å². The second-order valence-corrected chi connectivity index (χ2v) is 18.8. The number of anilines is 2. The summed E-state index contributed by atoms with van der Waals surface area (Å²) in [6.07, 6.45) is 0. The van der Waals surface area contributed by atoms with E-state index in [1.165, 1.54) is 38.1 Å². The van der Waals surface area contributed by atoms with Crippen LogP contribution >= 0.6 is 11.6 Å². The molecule has 0 aliphatic heterocycles. The topological polar surface area (TPSA) is 363 Å². The van der Waals surface area contributed by atoms with Crippen LogP contribution in [0.4, 0.5) is 34.1 Å². The molecule has 0 heterocycles. The van der Waals surface area contributed by atoms with Crippen LogP contribution in [0.2, 0.25) is 5.02 Å². The molecule has 0 atom stereocenters. The van der Waals surface area contributed by atoms with Gasteiger partial charge in [-0.25, -0.2) is 25.3 Å². The van der Waals surface area contributed by atoms with Crippen LogP contribution in [-0.4, -0.2) is 64.4 Å². The Bertz CT molecular complexity index is 3400. The molecule has 0 aromatic heterocycles. The fourth-order valence-electron chi connectivity index (χ4n) is 5.94. The van der Waals surface area contributed by atoms with Gasteiger partial charge in [0.15, 0.2) is 0 Å². The predicted molar refractivity (Wildman–Crippen MR) is 216 cm³/mol. The third kappa shape index (κ3) is 13.6. The number of aryl methyl sites for hydroxylation is 1. The van der Waals surface area contributed by atoms with E-state index in [0.717, 1.165) is 36.4 Å². The molecule has 30 heteroatoms. The molecule has 0 unspecified atom stereocenters. The molecule has 66 heavy (non-hydrogen) atoms. The summed E-state index contributed by atoms with van der Waals surface area (Å²) in [6.45, 7) is 2.79. The van der Waals surface area contributed by atoms with E-state index in [9.17, 15) is 61.8 Å². The van der Waals surface area contributed by atoms with Gasteiger partial charge in [0.25, 0.3) is 16.0 Å². The Morgan fingerprint density at radius 3 is 1.82 bits per heavy atom. The maximum atomic E-state index is 14.2. The summed E-state index contributed by atoms with van der Waals surface area (Å²) < 4.78 is 149. The Hall–Kier alpha value is -2.16. The standard InChI is InChI=1S/C36H29ClN6O15S4.4Na/c1-3-58-29-16-27(40-41-32-17(2)10-22(14-26(32)37)60(49,50)51)25-13-21(59(46,47)48)8-9-24(25)33(29)42-43-34-30(62(55,56)57)12-19-11-23(61(52,53)54)15-28(31(19)35(34)44)39-36(45)18-4-6-20(38)7-5-18;;;;/h4-16,44H,3,38H2,1-2H3,(H,39,45)(H,46,47,48)(H,49,50,51)(H,52,53,54)(H,55,56,57);;;;/q;4*+1/p-4. The summed E-state index contributed by atoms with van der Waals surface area (Å²) in [5.41, 5.74) is 3.61. The monoisotopic (exact) mass is 1040 g/mol. The number of carbonyl (C=O) groups excluding carboxylic acids is 1. The smallest absolute Gasteiger partial charge is 0.870 e. The molecular weight excluding hydrogens is 1010 g/mol. The van der Waals surface area contributed by atoms with E-state index in [4.69, 9.17) is 22.1 Å². The van der Waals surface area contributed by atoms with Crippen molar-refractivity contribution < 1.29 is 185 Å². The average molecular weight is 1040 g/mol. The van der Waals surface area contributed by atoms with E-state index in [1.807, 2.05) is 0 Å².